The highest BCUT2D eigenvalue weighted by Gasteiger charge is 2.06. The highest BCUT2D eigenvalue weighted by Crippen LogP contribution is 2.23. The maximum atomic E-state index is 12.4. The Bertz CT molecular complexity index is 998. The van der Waals surface area contributed by atoms with E-state index in [0.29, 0.717) is 28.0 Å². The minimum Gasteiger partial charge on any atom is -0.489 e. The van der Waals surface area contributed by atoms with Crippen LogP contribution in [0.3, 0.4) is 0 Å². The summed E-state index contributed by atoms with van der Waals surface area (Å²) in [6, 6.07) is 20.2. The van der Waals surface area contributed by atoms with Crippen molar-refractivity contribution >= 4 is 34.7 Å². The average Bonchev–Trinajstić information content (AvgIpc) is 2.69. The summed E-state index contributed by atoms with van der Waals surface area (Å²) >= 11 is 12.1. The Morgan fingerprint density at radius 2 is 1.82 bits per heavy atom. The number of rotatable bonds is 7. The van der Waals surface area contributed by atoms with Gasteiger partial charge in [-0.05, 0) is 43.3 Å². The fourth-order valence-electron chi connectivity index (χ4n) is 2.50. The van der Waals surface area contributed by atoms with Gasteiger partial charge in [-0.3, -0.25) is 4.79 Å². The van der Waals surface area contributed by atoms with E-state index in [9.17, 15) is 4.79 Å². The third kappa shape index (κ3) is 5.62. The molecule has 0 unspecified atom stereocenters. The molecule has 0 aliphatic carbocycles. The molecule has 3 aromatic carbocycles. The van der Waals surface area contributed by atoms with Crippen molar-refractivity contribution < 1.29 is 9.53 Å². The van der Waals surface area contributed by atoms with Gasteiger partial charge in [0.25, 0.3) is 0 Å². The summed E-state index contributed by atoms with van der Waals surface area (Å²) in [5, 5.41) is 4.21. The van der Waals surface area contributed by atoms with Crippen LogP contribution in [0.25, 0.3) is 0 Å². The summed E-state index contributed by atoms with van der Waals surface area (Å²) < 4.78 is 5.77. The number of hydrogen-bond donors (Lipinski definition) is 1. The fourth-order valence-corrected chi connectivity index (χ4v) is 2.96. The Balaban J connectivity index is 1.60. The molecular formula is C23H19Cl2NO2. The molecule has 3 rings (SSSR count). The van der Waals surface area contributed by atoms with E-state index in [4.69, 9.17) is 27.9 Å². The zero-order valence-electron chi connectivity index (χ0n) is 15.3. The van der Waals surface area contributed by atoms with Crippen molar-refractivity contribution in [1.82, 2.24) is 0 Å². The first kappa shape index (κ1) is 20.0. The Labute approximate surface area is 174 Å². The van der Waals surface area contributed by atoms with Crippen LogP contribution < -0.4 is 10.1 Å². The van der Waals surface area contributed by atoms with Crippen molar-refractivity contribution in [3.8, 4) is 5.75 Å². The molecule has 0 radical (unpaired) electrons. The zero-order valence-corrected chi connectivity index (χ0v) is 16.8. The fraction of sp³-hybridized carbons (Fsp3) is 0.0870. The Kier molecular flexibility index (Phi) is 6.75. The van der Waals surface area contributed by atoms with Crippen LogP contribution in [0, 0.1) is 6.92 Å². The number of benzene rings is 3. The first-order chi connectivity index (χ1) is 13.5. The molecule has 0 spiro atoms. The van der Waals surface area contributed by atoms with E-state index in [-0.39, 0.29) is 5.78 Å². The number of ether oxygens (including phenoxy) is 1. The molecular weight excluding hydrogens is 393 g/mol. The normalized spacial score (nSPS) is 10.8. The van der Waals surface area contributed by atoms with E-state index in [1.54, 1.807) is 42.6 Å². The lowest BCUT2D eigenvalue weighted by Crippen LogP contribution is -1.99. The molecule has 3 aromatic rings. The lowest BCUT2D eigenvalue weighted by atomic mass is 10.1. The second-order valence-electron chi connectivity index (χ2n) is 6.26. The predicted molar refractivity (Wildman–Crippen MR) is 116 cm³/mol. The van der Waals surface area contributed by atoms with Gasteiger partial charge in [-0.2, -0.15) is 0 Å². The lowest BCUT2D eigenvalue weighted by Gasteiger charge is -2.09. The van der Waals surface area contributed by atoms with Crippen LogP contribution in [-0.4, -0.2) is 5.78 Å². The van der Waals surface area contributed by atoms with Crippen LogP contribution in [0.2, 0.25) is 10.0 Å². The summed E-state index contributed by atoms with van der Waals surface area (Å²) in [6.45, 7) is 2.32. The minimum atomic E-state index is -0.116. The van der Waals surface area contributed by atoms with E-state index in [0.717, 1.165) is 11.3 Å². The van der Waals surface area contributed by atoms with Gasteiger partial charge < -0.3 is 10.1 Å². The maximum absolute atomic E-state index is 12.4. The third-order valence-corrected chi connectivity index (χ3v) is 4.65. The molecule has 0 aromatic heterocycles. The van der Waals surface area contributed by atoms with Crippen molar-refractivity contribution in [2.45, 2.75) is 13.5 Å². The highest BCUT2D eigenvalue weighted by atomic mass is 35.5. The topological polar surface area (TPSA) is 38.3 Å². The molecule has 28 heavy (non-hydrogen) atoms. The number of nitrogens with one attached hydrogen (secondary N) is 1. The molecule has 142 valence electrons. The van der Waals surface area contributed by atoms with Crippen LogP contribution in [0.1, 0.15) is 21.5 Å². The summed E-state index contributed by atoms with van der Waals surface area (Å²) in [5.74, 6) is 0.478. The predicted octanol–water partition coefficient (Wildman–Crippen LogP) is 6.69. The van der Waals surface area contributed by atoms with Gasteiger partial charge in [0.05, 0.1) is 0 Å². The number of ketones is 1. The SMILES string of the molecule is Cc1ccc(N/C=C/C(=O)c2cccc(OCc3ccc(Cl)cc3Cl)c2)cc1. The Hall–Kier alpha value is -2.75. The highest BCUT2D eigenvalue weighted by molar-refractivity contribution is 6.35. The molecule has 0 aliphatic rings. The second kappa shape index (κ2) is 9.45. The molecule has 0 saturated heterocycles. The lowest BCUT2D eigenvalue weighted by molar-refractivity contribution is 0.104. The van der Waals surface area contributed by atoms with Crippen LogP contribution in [0.5, 0.6) is 5.75 Å². The van der Waals surface area contributed by atoms with Gasteiger partial charge in [-0.25, -0.2) is 0 Å². The van der Waals surface area contributed by atoms with Gasteiger partial charge in [-0.1, -0.05) is 59.1 Å². The molecule has 5 heteroatoms. The molecule has 0 fully saturated rings. The van der Waals surface area contributed by atoms with E-state index in [2.05, 4.69) is 5.32 Å². The second-order valence-corrected chi connectivity index (χ2v) is 7.10. The minimum absolute atomic E-state index is 0.116. The molecule has 0 heterocycles. The van der Waals surface area contributed by atoms with Gasteiger partial charge in [0, 0.05) is 39.1 Å². The van der Waals surface area contributed by atoms with Crippen molar-refractivity contribution in [3.63, 3.8) is 0 Å². The summed E-state index contributed by atoms with van der Waals surface area (Å²) in [6.07, 6.45) is 3.13. The number of allylic oxidation sites excluding steroid dienone is 1. The summed E-state index contributed by atoms with van der Waals surface area (Å²) in [4.78, 5) is 12.4. The largest absolute Gasteiger partial charge is 0.489 e. The quantitative estimate of drug-likeness (QED) is 0.347. The van der Waals surface area contributed by atoms with E-state index < -0.39 is 0 Å². The molecule has 0 atom stereocenters. The number of anilines is 1. The molecule has 3 nitrogen and oxygen atoms in total. The van der Waals surface area contributed by atoms with Gasteiger partial charge in [-0.15, -0.1) is 0 Å². The van der Waals surface area contributed by atoms with Crippen molar-refractivity contribution in [2.24, 2.45) is 0 Å². The summed E-state index contributed by atoms with van der Waals surface area (Å²) in [5.41, 5.74) is 3.47. The number of hydrogen-bond acceptors (Lipinski definition) is 3. The van der Waals surface area contributed by atoms with Gasteiger partial charge >= 0.3 is 0 Å². The van der Waals surface area contributed by atoms with E-state index in [1.165, 1.54) is 11.6 Å². The van der Waals surface area contributed by atoms with Crippen LogP contribution in [0.4, 0.5) is 5.69 Å². The molecule has 0 bridgehead atoms. The number of carbonyl (C=O) groups is 1. The monoisotopic (exact) mass is 411 g/mol. The smallest absolute Gasteiger partial charge is 0.187 e. The first-order valence-electron chi connectivity index (χ1n) is 8.72. The zero-order chi connectivity index (χ0) is 19.9. The van der Waals surface area contributed by atoms with Crippen molar-refractivity contribution in [1.29, 1.82) is 0 Å². The Morgan fingerprint density at radius 3 is 2.57 bits per heavy atom. The number of carbonyl (C=O) groups excluding carboxylic acids is 1. The van der Waals surface area contributed by atoms with E-state index >= 15 is 0 Å². The standard InChI is InChI=1S/C23H19Cl2NO2/c1-16-5-9-20(10-6-16)26-12-11-23(27)17-3-2-4-21(13-17)28-15-18-7-8-19(24)14-22(18)25/h2-14,26H,15H2,1H3/b12-11+. The van der Waals surface area contributed by atoms with Crippen molar-refractivity contribution in [2.75, 3.05) is 5.32 Å². The van der Waals surface area contributed by atoms with Crippen molar-refractivity contribution in [3.05, 3.63) is 106 Å². The van der Waals surface area contributed by atoms with Crippen LogP contribution >= 0.6 is 23.2 Å². The third-order valence-electron chi connectivity index (χ3n) is 4.06. The van der Waals surface area contributed by atoms with Gasteiger partial charge in [0.1, 0.15) is 12.4 Å². The maximum Gasteiger partial charge on any atom is 0.187 e. The number of aryl methyl sites for hydroxylation is 1. The molecule has 0 amide bonds. The molecule has 0 saturated carbocycles. The Morgan fingerprint density at radius 1 is 1.04 bits per heavy atom. The van der Waals surface area contributed by atoms with E-state index in [1.807, 2.05) is 37.3 Å². The molecule has 0 aliphatic heterocycles. The van der Waals surface area contributed by atoms with Gasteiger partial charge in [0.2, 0.25) is 0 Å². The average molecular weight is 412 g/mol. The van der Waals surface area contributed by atoms with Gasteiger partial charge in [0.15, 0.2) is 5.78 Å². The summed E-state index contributed by atoms with van der Waals surface area (Å²) in [7, 11) is 0. The van der Waals surface area contributed by atoms with Crippen LogP contribution in [-0.2, 0) is 6.61 Å². The molecule has 1 N–H and O–H groups in total. The first-order valence-corrected chi connectivity index (χ1v) is 9.48. The number of halogens is 2. The van der Waals surface area contributed by atoms with Crippen LogP contribution in [0.15, 0.2) is 79.0 Å².